The molecule has 1 saturated heterocycles. The number of nitrogens with zero attached hydrogens (tertiary/aromatic N) is 7. The summed E-state index contributed by atoms with van der Waals surface area (Å²) in [5.41, 5.74) is 0.474. The summed E-state index contributed by atoms with van der Waals surface area (Å²) in [5, 5.41) is 0. The molecule has 4 rings (SSSR count). The molecule has 0 unspecified atom stereocenters. The second-order valence-electron chi connectivity index (χ2n) is 10.7. The maximum atomic E-state index is 13.9. The zero-order valence-electron chi connectivity index (χ0n) is 24.6. The number of carbonyl (C=O) groups excluding carboxylic acids is 2. The Balaban J connectivity index is 1.51. The predicted octanol–water partition coefficient (Wildman–Crippen LogP) is 0.886. The van der Waals surface area contributed by atoms with Crippen molar-refractivity contribution in [1.82, 2.24) is 31.4 Å². The lowest BCUT2D eigenvalue weighted by Crippen LogP contribution is -2.44. The van der Waals surface area contributed by atoms with E-state index in [1.807, 2.05) is 6.07 Å². The van der Waals surface area contributed by atoms with Crippen molar-refractivity contribution >= 4 is 32.3 Å². The van der Waals surface area contributed by atoms with Crippen LogP contribution in [0.1, 0.15) is 34.8 Å². The molecule has 1 amide bonds. The number of esters is 1. The highest BCUT2D eigenvalue weighted by Gasteiger charge is 2.33. The summed E-state index contributed by atoms with van der Waals surface area (Å²) in [6, 6.07) is 8.73. The first-order valence-corrected chi connectivity index (χ1v) is 16.5. The second kappa shape index (κ2) is 13.4. The van der Waals surface area contributed by atoms with Crippen molar-refractivity contribution in [3.8, 4) is 0 Å². The van der Waals surface area contributed by atoms with E-state index in [1.165, 1.54) is 53.0 Å². The van der Waals surface area contributed by atoms with Crippen LogP contribution in [-0.4, -0.2) is 108 Å². The van der Waals surface area contributed by atoms with Gasteiger partial charge in [0.05, 0.1) is 18.1 Å². The summed E-state index contributed by atoms with van der Waals surface area (Å²) < 4.78 is 61.2. The largest absolute Gasteiger partial charge is 0.462 e. The van der Waals surface area contributed by atoms with E-state index in [-0.39, 0.29) is 42.9 Å². The Bertz CT molecular complexity index is 1550. The number of ether oxygens (including phenoxy) is 1. The van der Waals surface area contributed by atoms with Gasteiger partial charge in [-0.25, -0.2) is 22.7 Å². The maximum Gasteiger partial charge on any atom is 0.338 e. The van der Waals surface area contributed by atoms with Crippen LogP contribution in [0.3, 0.4) is 0 Å². The molecule has 1 aliphatic rings. The van der Waals surface area contributed by atoms with Crippen molar-refractivity contribution < 1.29 is 31.2 Å². The molecule has 14 nitrogen and oxygen atoms in total. The molecule has 0 bridgehead atoms. The van der Waals surface area contributed by atoms with Crippen molar-refractivity contribution in [2.75, 3.05) is 47.9 Å². The van der Waals surface area contributed by atoms with Gasteiger partial charge >= 0.3 is 26.4 Å². The van der Waals surface area contributed by atoms with E-state index in [0.29, 0.717) is 31.5 Å². The van der Waals surface area contributed by atoms with Gasteiger partial charge in [-0.05, 0) is 30.9 Å². The smallest absolute Gasteiger partial charge is 0.338 e. The summed E-state index contributed by atoms with van der Waals surface area (Å²) in [6.07, 6.45) is 6.39. The van der Waals surface area contributed by atoms with Gasteiger partial charge in [-0.3, -0.25) is 4.79 Å². The Morgan fingerprint density at radius 2 is 1.35 bits per heavy atom. The first-order valence-electron chi connectivity index (χ1n) is 13.7. The van der Waals surface area contributed by atoms with Gasteiger partial charge in [0.1, 0.15) is 11.6 Å². The number of piperidine rings is 1. The van der Waals surface area contributed by atoms with Crippen LogP contribution in [0.4, 0.5) is 0 Å². The lowest BCUT2D eigenvalue weighted by Gasteiger charge is -2.34. The maximum absolute atomic E-state index is 13.9. The number of benzene rings is 1. The van der Waals surface area contributed by atoms with E-state index in [9.17, 15) is 26.4 Å². The molecule has 3 heterocycles. The molecule has 43 heavy (non-hydrogen) atoms. The molecule has 0 radical (unpaired) electrons. The molecule has 0 aliphatic carbocycles. The van der Waals surface area contributed by atoms with Crippen molar-refractivity contribution in [3.63, 3.8) is 0 Å². The summed E-state index contributed by atoms with van der Waals surface area (Å²) >= 11 is 0. The molecular formula is C27H37N7O7S2. The Labute approximate surface area is 252 Å². The standard InChI is InChI=1S/C27H37N7O7S2/c1-30(2)42(37,38)33-16-12-28-24(33)18-23(19-25-29-13-17-34(25)43(39,40)31(3)4)26(35)32-14-10-21(11-15-32)20-41-27(36)22-8-6-5-7-9-22/h5-9,12-13,16-17,21,23H,10-11,14-15,18-20H2,1-4H3. The van der Waals surface area contributed by atoms with Crippen LogP contribution < -0.4 is 0 Å². The highest BCUT2D eigenvalue weighted by Crippen LogP contribution is 2.24. The van der Waals surface area contributed by atoms with Gasteiger partial charge < -0.3 is 9.64 Å². The fourth-order valence-electron chi connectivity index (χ4n) is 4.82. The number of hydrogen-bond acceptors (Lipinski definition) is 9. The Hall–Kier alpha value is -3.60. The van der Waals surface area contributed by atoms with Crippen LogP contribution in [0.5, 0.6) is 0 Å². The van der Waals surface area contributed by atoms with E-state index in [0.717, 1.165) is 16.6 Å². The minimum absolute atomic E-state index is 0.0671. The molecule has 16 heteroatoms. The molecule has 0 atom stereocenters. The zero-order chi connectivity index (χ0) is 31.4. The molecule has 1 aliphatic heterocycles. The number of rotatable bonds is 12. The molecule has 0 saturated carbocycles. The quantitative estimate of drug-likeness (QED) is 0.264. The minimum Gasteiger partial charge on any atom is -0.462 e. The number of amides is 1. The highest BCUT2D eigenvalue weighted by molar-refractivity contribution is 7.87. The number of carbonyl (C=O) groups is 2. The van der Waals surface area contributed by atoms with Crippen molar-refractivity contribution in [3.05, 3.63) is 72.3 Å². The van der Waals surface area contributed by atoms with Gasteiger partial charge in [-0.1, -0.05) is 18.2 Å². The van der Waals surface area contributed by atoms with E-state index >= 15 is 0 Å². The third-order valence-electron chi connectivity index (χ3n) is 7.37. The van der Waals surface area contributed by atoms with E-state index in [2.05, 4.69) is 9.97 Å². The summed E-state index contributed by atoms with van der Waals surface area (Å²) in [4.78, 5) is 36.4. The minimum atomic E-state index is -3.91. The van der Waals surface area contributed by atoms with Crippen LogP contribution >= 0.6 is 0 Å². The summed E-state index contributed by atoms with van der Waals surface area (Å²) in [5.74, 6) is -1.17. The van der Waals surface area contributed by atoms with Crippen LogP contribution in [0.2, 0.25) is 0 Å². The highest BCUT2D eigenvalue weighted by atomic mass is 32.2. The van der Waals surface area contributed by atoms with Gasteiger partial charge in [-0.15, -0.1) is 0 Å². The third-order valence-corrected chi connectivity index (χ3v) is 10.9. The van der Waals surface area contributed by atoms with Crippen molar-refractivity contribution in [2.45, 2.75) is 25.7 Å². The van der Waals surface area contributed by atoms with Crippen molar-refractivity contribution in [2.24, 2.45) is 11.8 Å². The first-order chi connectivity index (χ1) is 20.3. The van der Waals surface area contributed by atoms with Crippen LogP contribution in [-0.2, 0) is 42.8 Å². The van der Waals surface area contributed by atoms with Gasteiger partial charge in [0.2, 0.25) is 5.91 Å². The van der Waals surface area contributed by atoms with E-state index < -0.39 is 32.3 Å². The molecule has 234 valence electrons. The van der Waals surface area contributed by atoms with E-state index in [4.69, 9.17) is 4.74 Å². The third kappa shape index (κ3) is 7.31. The molecule has 0 spiro atoms. The monoisotopic (exact) mass is 635 g/mol. The molecule has 2 aromatic heterocycles. The number of aromatic nitrogens is 4. The Morgan fingerprint density at radius 1 is 0.860 bits per heavy atom. The molecular weight excluding hydrogens is 598 g/mol. The lowest BCUT2D eigenvalue weighted by atomic mass is 9.94. The fraction of sp³-hybridized carbons (Fsp3) is 0.481. The summed E-state index contributed by atoms with van der Waals surface area (Å²) in [7, 11) is -2.24. The predicted molar refractivity (Wildman–Crippen MR) is 157 cm³/mol. The second-order valence-corrected chi connectivity index (χ2v) is 14.7. The van der Waals surface area contributed by atoms with E-state index in [1.54, 1.807) is 29.2 Å². The van der Waals surface area contributed by atoms with Crippen LogP contribution in [0, 0.1) is 11.8 Å². The topological polar surface area (TPSA) is 157 Å². The molecule has 1 fully saturated rings. The lowest BCUT2D eigenvalue weighted by molar-refractivity contribution is -0.137. The molecule has 0 N–H and O–H groups in total. The average Bonchev–Trinajstić information content (AvgIpc) is 3.66. The summed E-state index contributed by atoms with van der Waals surface area (Å²) in [6.45, 7) is 1.04. The van der Waals surface area contributed by atoms with Crippen LogP contribution in [0.15, 0.2) is 55.1 Å². The van der Waals surface area contributed by atoms with Gasteiger partial charge in [0.15, 0.2) is 0 Å². The fourth-order valence-corrected chi connectivity index (χ4v) is 6.72. The molecule has 3 aromatic rings. The van der Waals surface area contributed by atoms with Crippen molar-refractivity contribution in [1.29, 1.82) is 0 Å². The normalized spacial score (nSPS) is 15.0. The zero-order valence-corrected chi connectivity index (χ0v) is 26.2. The average molecular weight is 636 g/mol. The Kier molecular flexibility index (Phi) is 10.0. The number of imidazole rings is 2. The van der Waals surface area contributed by atoms with Gasteiger partial charge in [0.25, 0.3) is 0 Å². The SMILES string of the molecule is CN(C)S(=O)(=O)n1ccnc1CC(Cc1nccn1S(=O)(=O)N(C)C)C(=O)N1CCC(COC(=O)c2ccccc2)CC1. The van der Waals surface area contributed by atoms with Gasteiger partial charge in [0, 0.05) is 78.9 Å². The Morgan fingerprint density at radius 3 is 1.81 bits per heavy atom. The first kappa shape index (κ1) is 32.3. The number of hydrogen-bond donors (Lipinski definition) is 0. The number of likely N-dealkylation sites (tertiary alicyclic amines) is 1. The van der Waals surface area contributed by atoms with Crippen LogP contribution in [0.25, 0.3) is 0 Å². The van der Waals surface area contributed by atoms with Gasteiger partial charge in [-0.2, -0.15) is 25.4 Å². The molecule has 1 aromatic carbocycles.